The monoisotopic (exact) mass is 464 g/mol. The maximum Gasteiger partial charge on any atom is 0.137 e. The van der Waals surface area contributed by atoms with E-state index in [1.54, 1.807) is 12.3 Å². The lowest BCUT2D eigenvalue weighted by atomic mass is 10.2. The Labute approximate surface area is 132 Å². The summed E-state index contributed by atoms with van der Waals surface area (Å²) in [6, 6.07) is 11.1. The van der Waals surface area contributed by atoms with E-state index in [9.17, 15) is 5.11 Å². The first-order valence-electron chi connectivity index (χ1n) is 5.14. The minimum absolute atomic E-state index is 0.253. The molecule has 3 N–H and O–H groups in total. The molecule has 18 heavy (non-hydrogen) atoms. The molecule has 0 atom stereocenters. The molecule has 0 radical (unpaired) electrons. The molecule has 0 bridgehead atoms. The van der Waals surface area contributed by atoms with Crippen LogP contribution in [0.15, 0.2) is 41.4 Å². The van der Waals surface area contributed by atoms with Crippen LogP contribution in [0.1, 0.15) is 5.56 Å². The van der Waals surface area contributed by atoms with Gasteiger partial charge in [-0.1, -0.05) is 6.07 Å². The van der Waals surface area contributed by atoms with Gasteiger partial charge in [-0.3, -0.25) is 4.99 Å². The van der Waals surface area contributed by atoms with Crippen molar-refractivity contribution in [3.63, 3.8) is 0 Å². The molecule has 3 nitrogen and oxygen atoms in total. The molecule has 2 rings (SSSR count). The van der Waals surface area contributed by atoms with Gasteiger partial charge < -0.3 is 10.8 Å². The lowest BCUT2D eigenvalue weighted by Crippen LogP contribution is -1.88. The Morgan fingerprint density at radius 3 is 2.67 bits per heavy atom. The van der Waals surface area contributed by atoms with Crippen molar-refractivity contribution in [2.24, 2.45) is 4.99 Å². The van der Waals surface area contributed by atoms with E-state index >= 15 is 0 Å². The highest BCUT2D eigenvalue weighted by Crippen LogP contribution is 2.26. The van der Waals surface area contributed by atoms with Crippen molar-refractivity contribution in [1.82, 2.24) is 0 Å². The number of phenolic OH excluding ortho intramolecular Hbond substituents is 1. The summed E-state index contributed by atoms with van der Waals surface area (Å²) in [4.78, 5) is 4.31. The van der Waals surface area contributed by atoms with Gasteiger partial charge in [0.05, 0.1) is 9.26 Å². The van der Waals surface area contributed by atoms with Crippen LogP contribution < -0.4 is 5.73 Å². The first kappa shape index (κ1) is 13.6. The third-order valence-electron chi connectivity index (χ3n) is 2.28. The van der Waals surface area contributed by atoms with Crippen LogP contribution in [0.5, 0.6) is 5.75 Å². The summed E-state index contributed by atoms with van der Waals surface area (Å²) in [5.74, 6) is 0.253. The van der Waals surface area contributed by atoms with E-state index in [4.69, 9.17) is 5.73 Å². The van der Waals surface area contributed by atoms with Gasteiger partial charge in [0.15, 0.2) is 0 Å². The molecular weight excluding hydrogens is 454 g/mol. The highest BCUT2D eigenvalue weighted by atomic mass is 127. The molecule has 0 unspecified atom stereocenters. The number of hydrogen-bond acceptors (Lipinski definition) is 3. The number of rotatable bonds is 2. The number of halogens is 2. The second kappa shape index (κ2) is 5.87. The molecule has 2 aromatic rings. The number of aromatic hydroxyl groups is 1. The summed E-state index contributed by atoms with van der Waals surface area (Å²) in [6.07, 6.45) is 1.65. The molecule has 0 fully saturated rings. The van der Waals surface area contributed by atoms with Gasteiger partial charge in [-0.05, 0) is 75.5 Å². The summed E-state index contributed by atoms with van der Waals surface area (Å²) in [6.45, 7) is 0. The third-order valence-corrected chi connectivity index (χ3v) is 3.73. The smallest absolute Gasteiger partial charge is 0.137 e. The van der Waals surface area contributed by atoms with Gasteiger partial charge >= 0.3 is 0 Å². The van der Waals surface area contributed by atoms with Gasteiger partial charge in [0, 0.05) is 21.0 Å². The van der Waals surface area contributed by atoms with Gasteiger partial charge in [0.2, 0.25) is 0 Å². The molecular formula is C13H10I2N2O. The number of nitrogens with two attached hydrogens (primary N) is 1. The molecule has 0 aliphatic rings. The predicted molar refractivity (Wildman–Crippen MR) is 91.6 cm³/mol. The van der Waals surface area contributed by atoms with Gasteiger partial charge in [-0.25, -0.2) is 0 Å². The molecule has 0 saturated carbocycles. The van der Waals surface area contributed by atoms with Gasteiger partial charge in [0.1, 0.15) is 5.75 Å². The minimum atomic E-state index is 0.253. The molecule has 0 heterocycles. The number of anilines is 1. The van der Waals surface area contributed by atoms with Crippen molar-refractivity contribution < 1.29 is 5.11 Å². The van der Waals surface area contributed by atoms with Crippen molar-refractivity contribution in [1.29, 1.82) is 0 Å². The largest absolute Gasteiger partial charge is 0.506 e. The first-order valence-corrected chi connectivity index (χ1v) is 7.29. The number of nitrogens with zero attached hydrogens (tertiary/aromatic N) is 1. The van der Waals surface area contributed by atoms with Crippen LogP contribution >= 0.6 is 45.2 Å². The summed E-state index contributed by atoms with van der Waals surface area (Å²) in [5.41, 5.74) is 7.82. The lowest BCUT2D eigenvalue weighted by molar-refractivity contribution is 0.470. The second-order valence-corrected chi connectivity index (χ2v) is 6.09. The van der Waals surface area contributed by atoms with Crippen molar-refractivity contribution in [2.75, 3.05) is 5.73 Å². The van der Waals surface area contributed by atoms with E-state index in [1.165, 1.54) is 0 Å². The van der Waals surface area contributed by atoms with E-state index in [-0.39, 0.29) is 5.75 Å². The van der Waals surface area contributed by atoms with Crippen LogP contribution in [-0.2, 0) is 0 Å². The van der Waals surface area contributed by atoms with Crippen molar-refractivity contribution in [3.05, 3.63) is 49.1 Å². The fraction of sp³-hybridized carbons (Fsp3) is 0. The quantitative estimate of drug-likeness (QED) is 0.402. The molecule has 92 valence electrons. The number of benzene rings is 2. The highest BCUT2D eigenvalue weighted by molar-refractivity contribution is 14.1. The van der Waals surface area contributed by atoms with Crippen molar-refractivity contribution in [3.8, 4) is 5.75 Å². The Kier molecular flexibility index (Phi) is 4.44. The lowest BCUT2D eigenvalue weighted by Gasteiger charge is -2.03. The summed E-state index contributed by atoms with van der Waals surface area (Å²) in [7, 11) is 0. The summed E-state index contributed by atoms with van der Waals surface area (Å²) in [5, 5.41) is 9.93. The Hall–Kier alpha value is -0.830. The molecule has 0 aliphatic heterocycles. The Balaban J connectivity index is 2.34. The second-order valence-electron chi connectivity index (χ2n) is 3.68. The number of aliphatic imine (C=N–C) groups is 1. The fourth-order valence-corrected chi connectivity index (χ4v) is 3.32. The maximum absolute atomic E-state index is 9.93. The van der Waals surface area contributed by atoms with Gasteiger partial charge in [-0.2, -0.15) is 0 Å². The molecule has 0 saturated heterocycles. The van der Waals surface area contributed by atoms with Gasteiger partial charge in [0.25, 0.3) is 0 Å². The fourth-order valence-electron chi connectivity index (χ4n) is 1.43. The Morgan fingerprint density at radius 2 is 1.94 bits per heavy atom. The molecule has 5 heteroatoms. The van der Waals surface area contributed by atoms with E-state index < -0.39 is 0 Å². The zero-order chi connectivity index (χ0) is 13.1. The van der Waals surface area contributed by atoms with Crippen LogP contribution in [0.25, 0.3) is 0 Å². The maximum atomic E-state index is 9.93. The third kappa shape index (κ3) is 3.35. The van der Waals surface area contributed by atoms with Crippen LogP contribution in [0, 0.1) is 7.14 Å². The topological polar surface area (TPSA) is 58.6 Å². The molecule has 2 aromatic carbocycles. The standard InChI is InChI=1S/C13H10I2N2O/c14-9-4-8(13(18)12(15)5-9)7-17-11-3-1-2-10(16)6-11/h1-7,18H,16H2. The summed E-state index contributed by atoms with van der Waals surface area (Å²) >= 11 is 4.31. The molecule has 0 aromatic heterocycles. The normalized spacial score (nSPS) is 11.0. The number of phenols is 1. The molecule has 0 amide bonds. The zero-order valence-electron chi connectivity index (χ0n) is 9.27. The van der Waals surface area contributed by atoms with E-state index in [1.807, 2.05) is 30.3 Å². The zero-order valence-corrected chi connectivity index (χ0v) is 13.6. The average molecular weight is 464 g/mol. The number of hydrogen-bond donors (Lipinski definition) is 2. The van der Waals surface area contributed by atoms with Gasteiger partial charge in [-0.15, -0.1) is 0 Å². The van der Waals surface area contributed by atoms with Crippen LogP contribution in [0.4, 0.5) is 11.4 Å². The summed E-state index contributed by atoms with van der Waals surface area (Å²) < 4.78 is 1.87. The van der Waals surface area contributed by atoms with E-state index in [0.717, 1.165) is 12.8 Å². The average Bonchev–Trinajstić information content (AvgIpc) is 2.32. The molecule has 0 spiro atoms. The van der Waals surface area contributed by atoms with E-state index in [0.29, 0.717) is 11.3 Å². The Bertz CT molecular complexity index is 612. The Morgan fingerprint density at radius 1 is 1.17 bits per heavy atom. The minimum Gasteiger partial charge on any atom is -0.506 e. The first-order chi connectivity index (χ1) is 8.56. The van der Waals surface area contributed by atoms with Crippen molar-refractivity contribution in [2.45, 2.75) is 0 Å². The highest BCUT2D eigenvalue weighted by Gasteiger charge is 2.05. The van der Waals surface area contributed by atoms with Crippen LogP contribution in [-0.4, -0.2) is 11.3 Å². The SMILES string of the molecule is Nc1cccc(N=Cc2cc(I)cc(I)c2O)c1. The van der Waals surface area contributed by atoms with Crippen LogP contribution in [0.3, 0.4) is 0 Å². The predicted octanol–water partition coefficient (Wildman–Crippen LogP) is 3.93. The van der Waals surface area contributed by atoms with Crippen LogP contribution in [0.2, 0.25) is 0 Å². The number of nitrogen functional groups attached to an aromatic ring is 1. The van der Waals surface area contributed by atoms with E-state index in [2.05, 4.69) is 50.2 Å². The molecule has 0 aliphatic carbocycles. The van der Waals surface area contributed by atoms with Crippen molar-refractivity contribution >= 4 is 62.8 Å².